The van der Waals surface area contributed by atoms with E-state index in [0.717, 1.165) is 25.9 Å². The molecule has 1 unspecified atom stereocenters. The van der Waals surface area contributed by atoms with Crippen molar-refractivity contribution < 1.29 is 4.74 Å². The molecule has 2 heterocycles. The number of nitrogens with two attached hydrogens (primary N) is 1. The molecule has 2 rings (SSSR count). The van der Waals surface area contributed by atoms with E-state index in [0.29, 0.717) is 16.7 Å². The number of aromatic nitrogens is 2. The molecule has 0 radical (unpaired) electrons. The van der Waals surface area contributed by atoms with Crippen LogP contribution in [-0.2, 0) is 4.74 Å². The van der Waals surface area contributed by atoms with Gasteiger partial charge in [0.2, 0.25) is 0 Å². The first-order chi connectivity index (χ1) is 7.72. The van der Waals surface area contributed by atoms with Crippen LogP contribution < -0.4 is 10.6 Å². The molecule has 2 N–H and O–H groups in total. The summed E-state index contributed by atoms with van der Waals surface area (Å²) in [7, 11) is 1.73. The summed E-state index contributed by atoms with van der Waals surface area (Å²) in [5.74, 6) is 1.03. The Balaban J connectivity index is 2.20. The van der Waals surface area contributed by atoms with Crippen LogP contribution in [0.15, 0.2) is 6.33 Å². The highest BCUT2D eigenvalue weighted by Crippen LogP contribution is 2.29. The van der Waals surface area contributed by atoms with Crippen LogP contribution in [0.5, 0.6) is 0 Å². The molecule has 1 aromatic rings. The average molecular weight is 243 g/mol. The van der Waals surface area contributed by atoms with E-state index >= 15 is 0 Å². The fourth-order valence-electron chi connectivity index (χ4n) is 1.92. The van der Waals surface area contributed by atoms with E-state index in [-0.39, 0.29) is 6.10 Å². The number of piperidine rings is 1. The van der Waals surface area contributed by atoms with Gasteiger partial charge in [-0.15, -0.1) is 0 Å². The van der Waals surface area contributed by atoms with Crippen molar-refractivity contribution in [2.75, 3.05) is 30.8 Å². The second kappa shape index (κ2) is 4.84. The van der Waals surface area contributed by atoms with Crippen molar-refractivity contribution in [3.8, 4) is 0 Å². The molecule has 5 nitrogen and oxygen atoms in total. The molecule has 16 heavy (non-hydrogen) atoms. The van der Waals surface area contributed by atoms with Gasteiger partial charge in [-0.2, -0.15) is 0 Å². The number of nitrogens with zero attached hydrogens (tertiary/aromatic N) is 3. The number of hydrogen-bond acceptors (Lipinski definition) is 5. The van der Waals surface area contributed by atoms with Crippen LogP contribution in [0.4, 0.5) is 11.6 Å². The number of ether oxygens (including phenoxy) is 1. The first-order valence-electron chi connectivity index (χ1n) is 5.26. The first kappa shape index (κ1) is 11.4. The maximum Gasteiger partial charge on any atom is 0.153 e. The van der Waals surface area contributed by atoms with Gasteiger partial charge in [0.05, 0.1) is 6.10 Å². The summed E-state index contributed by atoms with van der Waals surface area (Å²) < 4.78 is 5.35. The summed E-state index contributed by atoms with van der Waals surface area (Å²) in [5, 5.41) is 0.430. The van der Waals surface area contributed by atoms with Crippen molar-refractivity contribution in [3.63, 3.8) is 0 Å². The smallest absolute Gasteiger partial charge is 0.153 e. The summed E-state index contributed by atoms with van der Waals surface area (Å²) >= 11 is 6.08. The van der Waals surface area contributed by atoms with Crippen LogP contribution in [0.25, 0.3) is 0 Å². The minimum Gasteiger partial charge on any atom is -0.382 e. The Bertz CT molecular complexity index is 374. The van der Waals surface area contributed by atoms with Gasteiger partial charge >= 0.3 is 0 Å². The van der Waals surface area contributed by atoms with Gasteiger partial charge in [0.1, 0.15) is 17.2 Å². The van der Waals surface area contributed by atoms with E-state index in [1.807, 2.05) is 0 Å². The summed E-state index contributed by atoms with van der Waals surface area (Å²) in [6.45, 7) is 1.72. The van der Waals surface area contributed by atoms with Crippen LogP contribution in [0, 0.1) is 0 Å². The minimum absolute atomic E-state index is 0.237. The summed E-state index contributed by atoms with van der Waals surface area (Å²) in [6, 6.07) is 0. The minimum atomic E-state index is 0.237. The van der Waals surface area contributed by atoms with E-state index in [9.17, 15) is 0 Å². The van der Waals surface area contributed by atoms with Gasteiger partial charge in [-0.05, 0) is 12.8 Å². The number of nitrogen functional groups attached to an aromatic ring is 1. The van der Waals surface area contributed by atoms with Crippen molar-refractivity contribution in [1.82, 2.24) is 9.97 Å². The third kappa shape index (κ3) is 2.20. The Morgan fingerprint density at radius 1 is 1.56 bits per heavy atom. The van der Waals surface area contributed by atoms with Crippen LogP contribution >= 0.6 is 11.6 Å². The number of halogens is 1. The lowest BCUT2D eigenvalue weighted by atomic mass is 10.1. The predicted molar refractivity (Wildman–Crippen MR) is 63.7 cm³/mol. The largest absolute Gasteiger partial charge is 0.382 e. The molecule has 1 fully saturated rings. The van der Waals surface area contributed by atoms with E-state index in [1.165, 1.54) is 6.33 Å². The normalized spacial score (nSPS) is 21.1. The zero-order valence-corrected chi connectivity index (χ0v) is 9.94. The molecule has 0 bridgehead atoms. The number of rotatable bonds is 2. The molecule has 0 aromatic carbocycles. The highest BCUT2D eigenvalue weighted by molar-refractivity contribution is 6.35. The summed E-state index contributed by atoms with van der Waals surface area (Å²) in [4.78, 5) is 10.1. The number of methoxy groups -OCH3 is 1. The SMILES string of the molecule is COC1CCCN(c2ncnc(N)c2Cl)C1. The molecule has 1 saturated heterocycles. The van der Waals surface area contributed by atoms with Gasteiger partial charge < -0.3 is 15.4 Å². The molecule has 0 aliphatic carbocycles. The van der Waals surface area contributed by atoms with Crippen molar-refractivity contribution in [3.05, 3.63) is 11.3 Å². The average Bonchev–Trinajstić information content (AvgIpc) is 2.33. The van der Waals surface area contributed by atoms with E-state index in [2.05, 4.69) is 14.9 Å². The first-order valence-corrected chi connectivity index (χ1v) is 5.64. The fourth-order valence-corrected chi connectivity index (χ4v) is 2.13. The maximum absolute atomic E-state index is 6.08. The molecule has 1 aromatic heterocycles. The molecule has 0 amide bonds. The topological polar surface area (TPSA) is 64.3 Å². The summed E-state index contributed by atoms with van der Waals surface area (Å²) in [6.07, 6.45) is 3.82. The predicted octanol–water partition coefficient (Wildman–Crippen LogP) is 1.33. The molecule has 1 atom stereocenters. The monoisotopic (exact) mass is 242 g/mol. The maximum atomic E-state index is 6.08. The highest BCUT2D eigenvalue weighted by atomic mass is 35.5. The standard InChI is InChI=1S/C10H15ClN4O/c1-16-7-3-2-4-15(5-7)10-8(11)9(12)13-6-14-10/h6-7H,2-5H2,1H3,(H2,12,13,14). The Kier molecular flexibility index (Phi) is 3.46. The summed E-state index contributed by atoms with van der Waals surface area (Å²) in [5.41, 5.74) is 5.65. The van der Waals surface area contributed by atoms with Gasteiger partial charge in [0.15, 0.2) is 5.82 Å². The van der Waals surface area contributed by atoms with Gasteiger partial charge in [-0.1, -0.05) is 11.6 Å². The van der Waals surface area contributed by atoms with Crippen molar-refractivity contribution in [2.24, 2.45) is 0 Å². The molecular weight excluding hydrogens is 228 g/mol. The Morgan fingerprint density at radius 2 is 2.38 bits per heavy atom. The Hall–Kier alpha value is -1.07. The molecule has 6 heteroatoms. The second-order valence-electron chi connectivity index (χ2n) is 3.84. The van der Waals surface area contributed by atoms with Crippen LogP contribution in [-0.4, -0.2) is 36.3 Å². The van der Waals surface area contributed by atoms with E-state index in [4.69, 9.17) is 22.1 Å². The molecule has 0 saturated carbocycles. The molecule has 1 aliphatic heterocycles. The Morgan fingerprint density at radius 3 is 3.12 bits per heavy atom. The lowest BCUT2D eigenvalue weighted by Crippen LogP contribution is -2.39. The molecule has 1 aliphatic rings. The quantitative estimate of drug-likeness (QED) is 0.848. The van der Waals surface area contributed by atoms with Crippen LogP contribution in [0.1, 0.15) is 12.8 Å². The van der Waals surface area contributed by atoms with E-state index in [1.54, 1.807) is 7.11 Å². The lowest BCUT2D eigenvalue weighted by molar-refractivity contribution is 0.0891. The van der Waals surface area contributed by atoms with Gasteiger partial charge in [0.25, 0.3) is 0 Å². The molecular formula is C10H15ClN4O. The van der Waals surface area contributed by atoms with Gasteiger partial charge in [0, 0.05) is 20.2 Å². The second-order valence-corrected chi connectivity index (χ2v) is 4.22. The van der Waals surface area contributed by atoms with Gasteiger partial charge in [-0.3, -0.25) is 0 Å². The Labute approximate surface area is 99.6 Å². The lowest BCUT2D eigenvalue weighted by Gasteiger charge is -2.33. The number of anilines is 2. The zero-order valence-electron chi connectivity index (χ0n) is 9.19. The van der Waals surface area contributed by atoms with Crippen molar-refractivity contribution in [1.29, 1.82) is 0 Å². The number of hydrogen-bond donors (Lipinski definition) is 1. The third-order valence-corrected chi connectivity index (χ3v) is 3.17. The fraction of sp³-hybridized carbons (Fsp3) is 0.600. The van der Waals surface area contributed by atoms with Gasteiger partial charge in [-0.25, -0.2) is 9.97 Å². The highest BCUT2D eigenvalue weighted by Gasteiger charge is 2.22. The molecule has 0 spiro atoms. The zero-order chi connectivity index (χ0) is 11.5. The van der Waals surface area contributed by atoms with Crippen LogP contribution in [0.3, 0.4) is 0 Å². The van der Waals surface area contributed by atoms with Crippen LogP contribution in [0.2, 0.25) is 5.02 Å². The van der Waals surface area contributed by atoms with Crippen molar-refractivity contribution in [2.45, 2.75) is 18.9 Å². The third-order valence-electron chi connectivity index (χ3n) is 2.81. The van der Waals surface area contributed by atoms with E-state index < -0.39 is 0 Å². The molecule has 88 valence electrons. The van der Waals surface area contributed by atoms with Crippen molar-refractivity contribution >= 4 is 23.2 Å².